The summed E-state index contributed by atoms with van der Waals surface area (Å²) in [7, 11) is 0. The summed E-state index contributed by atoms with van der Waals surface area (Å²) in [5.41, 5.74) is 0.509. The summed E-state index contributed by atoms with van der Waals surface area (Å²) in [5, 5.41) is 10.8. The van der Waals surface area contributed by atoms with Gasteiger partial charge in [0.1, 0.15) is 5.01 Å². The third-order valence-electron chi connectivity index (χ3n) is 2.47. The number of hydrogen-bond donors (Lipinski definition) is 1. The Morgan fingerprint density at radius 2 is 1.96 bits per heavy atom. The monoisotopic (exact) mass is 351 g/mol. The molecule has 0 spiro atoms. The molecule has 1 N–H and O–H groups in total. The van der Waals surface area contributed by atoms with E-state index < -0.39 is 18.5 Å². The van der Waals surface area contributed by atoms with Crippen molar-refractivity contribution in [2.24, 2.45) is 0 Å². The number of amides is 1. The van der Waals surface area contributed by atoms with Gasteiger partial charge in [-0.2, -0.15) is 0 Å². The molecule has 1 aromatic carbocycles. The topological polar surface area (TPSA) is 98.2 Å². The van der Waals surface area contributed by atoms with Crippen LogP contribution in [0.3, 0.4) is 0 Å². The summed E-state index contributed by atoms with van der Waals surface area (Å²) in [4.78, 5) is 34.9. The minimum atomic E-state index is -0.636. The van der Waals surface area contributed by atoms with E-state index in [0.29, 0.717) is 15.7 Å². The highest BCUT2D eigenvalue weighted by Crippen LogP contribution is 2.14. The number of thioether (sulfide) groups is 1. The van der Waals surface area contributed by atoms with Gasteiger partial charge in [0.25, 0.3) is 5.91 Å². The minimum absolute atomic E-state index is 0.154. The fraction of sp³-hybridized carbons (Fsp3) is 0.214. The molecule has 23 heavy (non-hydrogen) atoms. The number of benzene rings is 1. The quantitative estimate of drug-likeness (QED) is 0.794. The second-order valence-electron chi connectivity index (χ2n) is 4.28. The second kappa shape index (κ2) is 8.39. The van der Waals surface area contributed by atoms with Crippen LogP contribution in [0.2, 0.25) is 0 Å². The maximum Gasteiger partial charge on any atom is 0.316 e. The largest absolute Gasteiger partial charge is 0.455 e. The zero-order valence-corrected chi connectivity index (χ0v) is 13.8. The van der Waals surface area contributed by atoms with Crippen molar-refractivity contribution in [2.75, 3.05) is 17.7 Å². The SMILES string of the molecule is Cc1nnc(NC(=O)COC(=O)CSC(=O)c2ccccc2)s1. The fourth-order valence-electron chi connectivity index (χ4n) is 1.47. The highest BCUT2D eigenvalue weighted by Gasteiger charge is 2.13. The van der Waals surface area contributed by atoms with Gasteiger partial charge in [-0.15, -0.1) is 10.2 Å². The maximum atomic E-state index is 11.8. The van der Waals surface area contributed by atoms with Gasteiger partial charge in [-0.05, 0) is 6.92 Å². The van der Waals surface area contributed by atoms with Crippen molar-refractivity contribution in [1.82, 2.24) is 10.2 Å². The molecule has 0 aliphatic heterocycles. The van der Waals surface area contributed by atoms with Crippen molar-refractivity contribution in [3.8, 4) is 0 Å². The van der Waals surface area contributed by atoms with E-state index in [2.05, 4.69) is 15.5 Å². The molecule has 0 saturated heterocycles. The lowest BCUT2D eigenvalue weighted by Gasteiger charge is -2.04. The Balaban J connectivity index is 1.68. The van der Waals surface area contributed by atoms with E-state index in [4.69, 9.17) is 4.74 Å². The predicted octanol–water partition coefficient (Wildman–Crippen LogP) is 1.90. The van der Waals surface area contributed by atoms with Gasteiger partial charge < -0.3 is 4.74 Å². The number of anilines is 1. The Hall–Kier alpha value is -2.26. The summed E-state index contributed by atoms with van der Waals surface area (Å²) < 4.78 is 4.80. The Morgan fingerprint density at radius 1 is 1.22 bits per heavy atom. The molecule has 1 aromatic heterocycles. The lowest BCUT2D eigenvalue weighted by atomic mass is 10.2. The van der Waals surface area contributed by atoms with Crippen LogP contribution < -0.4 is 5.32 Å². The zero-order valence-electron chi connectivity index (χ0n) is 12.1. The van der Waals surface area contributed by atoms with E-state index in [0.717, 1.165) is 11.8 Å². The molecule has 0 aliphatic rings. The molecule has 0 atom stereocenters. The summed E-state index contributed by atoms with van der Waals surface area (Å²) >= 11 is 2.05. The average molecular weight is 351 g/mol. The molecule has 120 valence electrons. The van der Waals surface area contributed by atoms with Crippen LogP contribution in [0.15, 0.2) is 30.3 Å². The van der Waals surface area contributed by atoms with Gasteiger partial charge in [0.15, 0.2) is 6.61 Å². The van der Waals surface area contributed by atoms with E-state index in [1.807, 2.05) is 0 Å². The molecule has 0 radical (unpaired) electrons. The Morgan fingerprint density at radius 3 is 2.61 bits per heavy atom. The number of nitrogens with zero attached hydrogens (tertiary/aromatic N) is 2. The van der Waals surface area contributed by atoms with Crippen LogP contribution in [-0.2, 0) is 14.3 Å². The molecule has 0 saturated carbocycles. The minimum Gasteiger partial charge on any atom is -0.455 e. The first-order chi connectivity index (χ1) is 11.0. The first kappa shape index (κ1) is 17.1. The van der Waals surface area contributed by atoms with Crippen LogP contribution in [0, 0.1) is 6.92 Å². The van der Waals surface area contributed by atoms with Gasteiger partial charge in [-0.3, -0.25) is 19.7 Å². The summed E-state index contributed by atoms with van der Waals surface area (Å²) in [6.45, 7) is 1.33. The number of aromatic nitrogens is 2. The van der Waals surface area contributed by atoms with Gasteiger partial charge in [0, 0.05) is 5.56 Å². The Kier molecular flexibility index (Phi) is 6.24. The molecule has 0 bridgehead atoms. The molecule has 9 heteroatoms. The smallest absolute Gasteiger partial charge is 0.316 e. The van der Waals surface area contributed by atoms with Crippen LogP contribution in [0.25, 0.3) is 0 Å². The number of rotatable bonds is 6. The van der Waals surface area contributed by atoms with Gasteiger partial charge in [-0.1, -0.05) is 53.4 Å². The van der Waals surface area contributed by atoms with Crippen LogP contribution in [0.4, 0.5) is 5.13 Å². The second-order valence-corrected chi connectivity index (χ2v) is 6.41. The molecule has 2 rings (SSSR count). The van der Waals surface area contributed by atoms with E-state index >= 15 is 0 Å². The third kappa shape index (κ3) is 5.80. The highest BCUT2D eigenvalue weighted by atomic mass is 32.2. The molecule has 0 unspecified atom stereocenters. The molecule has 1 amide bonds. The van der Waals surface area contributed by atoms with E-state index in [9.17, 15) is 14.4 Å². The number of carbonyl (C=O) groups excluding carboxylic acids is 3. The van der Waals surface area contributed by atoms with Gasteiger partial charge in [0.05, 0.1) is 5.75 Å². The maximum absolute atomic E-state index is 11.8. The van der Waals surface area contributed by atoms with Crippen molar-refractivity contribution < 1.29 is 19.1 Å². The van der Waals surface area contributed by atoms with Gasteiger partial charge in [-0.25, -0.2) is 0 Å². The number of ether oxygens (including phenoxy) is 1. The molecule has 2 aromatic rings. The van der Waals surface area contributed by atoms with Crippen molar-refractivity contribution in [2.45, 2.75) is 6.92 Å². The van der Waals surface area contributed by atoms with Crippen molar-refractivity contribution in [3.63, 3.8) is 0 Å². The summed E-state index contributed by atoms with van der Waals surface area (Å²) in [6, 6.07) is 8.61. The molecule has 0 aliphatic carbocycles. The molecule has 7 nitrogen and oxygen atoms in total. The van der Waals surface area contributed by atoms with Crippen molar-refractivity contribution >= 4 is 45.2 Å². The van der Waals surface area contributed by atoms with Crippen molar-refractivity contribution in [1.29, 1.82) is 0 Å². The third-order valence-corrected chi connectivity index (χ3v) is 4.10. The Labute approximate surface area is 140 Å². The van der Waals surface area contributed by atoms with Crippen LogP contribution in [0.1, 0.15) is 15.4 Å². The summed E-state index contributed by atoms with van der Waals surface area (Å²) in [6.07, 6.45) is 0. The first-order valence-electron chi connectivity index (χ1n) is 6.52. The predicted molar refractivity (Wildman–Crippen MR) is 87.5 cm³/mol. The van der Waals surface area contributed by atoms with Gasteiger partial charge >= 0.3 is 5.97 Å². The van der Waals surface area contributed by atoms with E-state index in [1.165, 1.54) is 11.3 Å². The van der Waals surface area contributed by atoms with Crippen LogP contribution in [-0.4, -0.2) is 39.5 Å². The average Bonchev–Trinajstić information content (AvgIpc) is 2.96. The van der Waals surface area contributed by atoms with Gasteiger partial charge in [0.2, 0.25) is 10.2 Å². The highest BCUT2D eigenvalue weighted by molar-refractivity contribution is 8.14. The lowest BCUT2D eigenvalue weighted by molar-refractivity contribution is -0.144. The number of nitrogens with one attached hydrogen (secondary N) is 1. The van der Waals surface area contributed by atoms with Crippen LogP contribution in [0.5, 0.6) is 0 Å². The van der Waals surface area contributed by atoms with Crippen LogP contribution >= 0.6 is 23.1 Å². The lowest BCUT2D eigenvalue weighted by Crippen LogP contribution is -2.21. The molecule has 0 fully saturated rings. The van der Waals surface area contributed by atoms with E-state index in [1.54, 1.807) is 37.3 Å². The summed E-state index contributed by atoms with van der Waals surface area (Å²) in [5.74, 6) is -1.30. The first-order valence-corrected chi connectivity index (χ1v) is 8.32. The van der Waals surface area contributed by atoms with Crippen molar-refractivity contribution in [3.05, 3.63) is 40.9 Å². The normalized spacial score (nSPS) is 10.1. The molecular formula is C14H13N3O4S2. The Bertz CT molecular complexity index is 703. The number of carbonyl (C=O) groups is 3. The van der Waals surface area contributed by atoms with E-state index in [-0.39, 0.29) is 10.9 Å². The zero-order chi connectivity index (χ0) is 16.7. The molecular weight excluding hydrogens is 338 g/mol. The molecule has 1 heterocycles. The number of esters is 1. The fourth-order valence-corrected chi connectivity index (χ4v) is 2.72. The standard InChI is InChI=1S/C14H13N3O4S2/c1-9-16-17-14(23-9)15-11(18)7-21-12(19)8-22-13(20)10-5-3-2-4-6-10/h2-6H,7-8H2,1H3,(H,15,17,18). The number of aryl methyl sites for hydroxylation is 1. The number of hydrogen-bond acceptors (Lipinski definition) is 8.